The van der Waals surface area contributed by atoms with E-state index in [0.717, 1.165) is 6.42 Å². The standard InChI is InChI=1S/C12H23NO4/c1-6-7(2)10(12(16)17-5)13-11(15)8(3)9(4)14/h7-10,14H,6H2,1-5H3,(H,13,15)/t7-,8-,9+,10-/m0/s1. The van der Waals surface area contributed by atoms with Crippen molar-refractivity contribution in [3.05, 3.63) is 0 Å². The fourth-order valence-corrected chi connectivity index (χ4v) is 1.30. The molecule has 0 aliphatic heterocycles. The summed E-state index contributed by atoms with van der Waals surface area (Å²) < 4.78 is 4.66. The number of methoxy groups -OCH3 is 1. The number of carbonyl (C=O) groups excluding carboxylic acids is 2. The van der Waals surface area contributed by atoms with Gasteiger partial charge >= 0.3 is 5.97 Å². The van der Waals surface area contributed by atoms with Crippen LogP contribution >= 0.6 is 0 Å². The monoisotopic (exact) mass is 245 g/mol. The van der Waals surface area contributed by atoms with Crippen LogP contribution in [-0.2, 0) is 14.3 Å². The Kier molecular flexibility index (Phi) is 6.80. The van der Waals surface area contributed by atoms with Crippen molar-refractivity contribution in [3.63, 3.8) is 0 Å². The maximum Gasteiger partial charge on any atom is 0.328 e. The van der Waals surface area contributed by atoms with Gasteiger partial charge in [-0.05, 0) is 12.8 Å². The molecule has 0 unspecified atom stereocenters. The summed E-state index contributed by atoms with van der Waals surface area (Å²) in [6.07, 6.45) is 0.00792. The van der Waals surface area contributed by atoms with Gasteiger partial charge in [0.2, 0.25) is 5.91 Å². The molecule has 1 amide bonds. The summed E-state index contributed by atoms with van der Waals surface area (Å²) in [6.45, 7) is 6.96. The van der Waals surface area contributed by atoms with Crippen LogP contribution in [0.4, 0.5) is 0 Å². The van der Waals surface area contributed by atoms with Crippen molar-refractivity contribution in [1.29, 1.82) is 0 Å². The van der Waals surface area contributed by atoms with Crippen molar-refractivity contribution in [2.24, 2.45) is 11.8 Å². The average molecular weight is 245 g/mol. The molecule has 0 aromatic heterocycles. The molecular formula is C12H23NO4. The number of hydrogen-bond acceptors (Lipinski definition) is 4. The fourth-order valence-electron chi connectivity index (χ4n) is 1.30. The van der Waals surface area contributed by atoms with E-state index >= 15 is 0 Å². The van der Waals surface area contributed by atoms with Gasteiger partial charge in [0, 0.05) is 0 Å². The maximum atomic E-state index is 11.8. The van der Waals surface area contributed by atoms with Gasteiger partial charge in [-0.1, -0.05) is 27.2 Å². The fraction of sp³-hybridized carbons (Fsp3) is 0.833. The maximum absolute atomic E-state index is 11.8. The second kappa shape index (κ2) is 7.27. The first-order valence-electron chi connectivity index (χ1n) is 5.91. The number of esters is 1. The molecule has 0 bridgehead atoms. The van der Waals surface area contributed by atoms with Gasteiger partial charge in [0.15, 0.2) is 0 Å². The van der Waals surface area contributed by atoms with E-state index < -0.39 is 24.0 Å². The predicted molar refractivity (Wildman–Crippen MR) is 64.2 cm³/mol. The van der Waals surface area contributed by atoms with E-state index in [2.05, 4.69) is 10.1 Å². The SMILES string of the molecule is CC[C@H](C)[C@H](NC(=O)[C@@H](C)[C@@H](C)O)C(=O)OC. The summed E-state index contributed by atoms with van der Waals surface area (Å²) >= 11 is 0. The lowest BCUT2D eigenvalue weighted by molar-refractivity contribution is -0.147. The number of hydrogen-bond donors (Lipinski definition) is 2. The topological polar surface area (TPSA) is 75.6 Å². The number of rotatable bonds is 6. The second-order valence-corrected chi connectivity index (χ2v) is 4.42. The van der Waals surface area contributed by atoms with Crippen molar-refractivity contribution in [2.75, 3.05) is 7.11 Å². The molecule has 5 nitrogen and oxygen atoms in total. The largest absolute Gasteiger partial charge is 0.467 e. The lowest BCUT2D eigenvalue weighted by atomic mass is 9.97. The third-order valence-corrected chi connectivity index (χ3v) is 3.10. The van der Waals surface area contributed by atoms with Gasteiger partial charge in [0.1, 0.15) is 6.04 Å². The average Bonchev–Trinajstić information content (AvgIpc) is 2.32. The Hall–Kier alpha value is -1.10. The molecule has 0 saturated heterocycles. The highest BCUT2D eigenvalue weighted by Crippen LogP contribution is 2.11. The first-order valence-corrected chi connectivity index (χ1v) is 5.91. The van der Waals surface area contributed by atoms with Crippen molar-refractivity contribution in [1.82, 2.24) is 5.32 Å². The molecule has 100 valence electrons. The van der Waals surface area contributed by atoms with E-state index in [1.165, 1.54) is 7.11 Å². The molecule has 0 radical (unpaired) electrons. The molecular weight excluding hydrogens is 222 g/mol. The molecule has 0 aromatic carbocycles. The van der Waals surface area contributed by atoms with Crippen molar-refractivity contribution in [2.45, 2.75) is 46.3 Å². The van der Waals surface area contributed by atoms with Gasteiger partial charge in [-0.25, -0.2) is 4.79 Å². The molecule has 17 heavy (non-hydrogen) atoms. The Morgan fingerprint density at radius 1 is 1.29 bits per heavy atom. The van der Waals surface area contributed by atoms with Crippen LogP contribution in [0.5, 0.6) is 0 Å². The summed E-state index contributed by atoms with van der Waals surface area (Å²) in [4.78, 5) is 23.3. The van der Waals surface area contributed by atoms with Gasteiger partial charge in [0.25, 0.3) is 0 Å². The third kappa shape index (κ3) is 4.73. The van der Waals surface area contributed by atoms with E-state index in [1.807, 2.05) is 13.8 Å². The Balaban J connectivity index is 4.64. The van der Waals surface area contributed by atoms with Crippen LogP contribution < -0.4 is 5.32 Å². The molecule has 0 heterocycles. The highest BCUT2D eigenvalue weighted by molar-refractivity contribution is 5.86. The second-order valence-electron chi connectivity index (χ2n) is 4.42. The quantitative estimate of drug-likeness (QED) is 0.676. The van der Waals surface area contributed by atoms with Gasteiger partial charge in [-0.15, -0.1) is 0 Å². The zero-order valence-corrected chi connectivity index (χ0v) is 11.2. The number of carbonyl (C=O) groups is 2. The highest BCUT2D eigenvalue weighted by Gasteiger charge is 2.29. The van der Waals surface area contributed by atoms with Gasteiger partial charge in [0.05, 0.1) is 19.1 Å². The van der Waals surface area contributed by atoms with Gasteiger partial charge < -0.3 is 15.2 Å². The van der Waals surface area contributed by atoms with Crippen molar-refractivity contribution in [3.8, 4) is 0 Å². The minimum absolute atomic E-state index is 0.00685. The molecule has 4 atom stereocenters. The molecule has 0 saturated carbocycles. The van der Waals surface area contributed by atoms with Crippen LogP contribution in [-0.4, -0.2) is 36.2 Å². The van der Waals surface area contributed by atoms with Crippen LogP contribution in [0.25, 0.3) is 0 Å². The zero-order chi connectivity index (χ0) is 13.6. The van der Waals surface area contributed by atoms with E-state index in [0.29, 0.717) is 0 Å². The summed E-state index contributed by atoms with van der Waals surface area (Å²) in [5.41, 5.74) is 0. The Bertz CT molecular complexity index is 265. The summed E-state index contributed by atoms with van der Waals surface area (Å²) in [7, 11) is 1.29. The Morgan fingerprint density at radius 3 is 2.18 bits per heavy atom. The Labute approximate surface area is 103 Å². The van der Waals surface area contributed by atoms with Crippen LogP contribution in [0.2, 0.25) is 0 Å². The first kappa shape index (κ1) is 15.9. The Morgan fingerprint density at radius 2 is 1.82 bits per heavy atom. The van der Waals surface area contributed by atoms with Crippen molar-refractivity contribution < 1.29 is 19.4 Å². The van der Waals surface area contributed by atoms with E-state index in [-0.39, 0.29) is 11.8 Å². The molecule has 2 N–H and O–H groups in total. The number of ether oxygens (including phenoxy) is 1. The van der Waals surface area contributed by atoms with Crippen molar-refractivity contribution >= 4 is 11.9 Å². The smallest absolute Gasteiger partial charge is 0.328 e. The minimum Gasteiger partial charge on any atom is -0.467 e. The summed E-state index contributed by atoms with van der Waals surface area (Å²) in [5, 5.41) is 11.9. The van der Waals surface area contributed by atoms with Crippen LogP contribution in [0.15, 0.2) is 0 Å². The number of amides is 1. The molecule has 0 aliphatic rings. The van der Waals surface area contributed by atoms with E-state index in [1.54, 1.807) is 13.8 Å². The van der Waals surface area contributed by atoms with Gasteiger partial charge in [-0.2, -0.15) is 0 Å². The number of aliphatic hydroxyl groups is 1. The molecule has 0 aromatic rings. The molecule has 0 rings (SSSR count). The lowest BCUT2D eigenvalue weighted by Gasteiger charge is -2.24. The molecule has 0 fully saturated rings. The van der Waals surface area contributed by atoms with Crippen LogP contribution in [0.3, 0.4) is 0 Å². The number of nitrogens with one attached hydrogen (secondary N) is 1. The van der Waals surface area contributed by atoms with Crippen LogP contribution in [0.1, 0.15) is 34.1 Å². The molecule has 0 aliphatic carbocycles. The summed E-state index contributed by atoms with van der Waals surface area (Å²) in [6, 6.07) is -0.654. The predicted octanol–water partition coefficient (Wildman–Crippen LogP) is 0.707. The highest BCUT2D eigenvalue weighted by atomic mass is 16.5. The zero-order valence-electron chi connectivity index (χ0n) is 11.2. The van der Waals surface area contributed by atoms with E-state index in [4.69, 9.17) is 0 Å². The third-order valence-electron chi connectivity index (χ3n) is 3.10. The number of aliphatic hydroxyl groups excluding tert-OH is 1. The normalized spacial score (nSPS) is 17.8. The van der Waals surface area contributed by atoms with Crippen LogP contribution in [0, 0.1) is 11.8 Å². The molecule has 5 heteroatoms. The first-order chi connectivity index (χ1) is 7.84. The molecule has 0 spiro atoms. The minimum atomic E-state index is -0.745. The summed E-state index contributed by atoms with van der Waals surface area (Å²) in [5.74, 6) is -1.35. The van der Waals surface area contributed by atoms with E-state index in [9.17, 15) is 14.7 Å². The lowest BCUT2D eigenvalue weighted by Crippen LogP contribution is -2.48. The van der Waals surface area contributed by atoms with Gasteiger partial charge in [-0.3, -0.25) is 4.79 Å².